The summed E-state index contributed by atoms with van der Waals surface area (Å²) in [6.45, 7) is 3.73. The summed E-state index contributed by atoms with van der Waals surface area (Å²) in [7, 11) is 0. The zero-order valence-electron chi connectivity index (χ0n) is 11.6. The predicted octanol–water partition coefficient (Wildman–Crippen LogP) is 5.64. The van der Waals surface area contributed by atoms with Crippen LogP contribution in [0.3, 0.4) is 0 Å². The molecule has 0 bridgehead atoms. The van der Waals surface area contributed by atoms with E-state index in [4.69, 9.17) is 4.74 Å². The Hall–Kier alpha value is -0.910. The summed E-state index contributed by atoms with van der Waals surface area (Å²) in [4.78, 5) is 0. The third-order valence-electron chi connectivity index (χ3n) is 2.88. The van der Waals surface area contributed by atoms with Crippen molar-refractivity contribution in [3.63, 3.8) is 0 Å². The van der Waals surface area contributed by atoms with E-state index in [0.717, 1.165) is 27.5 Å². The smallest absolute Gasteiger partial charge is 0.165 e. The van der Waals surface area contributed by atoms with Crippen LogP contribution in [0.15, 0.2) is 45.3 Å². The van der Waals surface area contributed by atoms with Gasteiger partial charge in [-0.2, -0.15) is 0 Å². The van der Waals surface area contributed by atoms with E-state index < -0.39 is 0 Å². The Labute approximate surface area is 141 Å². The van der Waals surface area contributed by atoms with Gasteiger partial charge in [-0.3, -0.25) is 0 Å². The molecule has 21 heavy (non-hydrogen) atoms. The molecule has 2 aromatic carbocycles. The Kier molecular flexibility index (Phi) is 6.21. The molecule has 0 fully saturated rings. The summed E-state index contributed by atoms with van der Waals surface area (Å²) in [5, 5.41) is 3.32. The van der Waals surface area contributed by atoms with Crippen molar-refractivity contribution in [1.29, 1.82) is 0 Å². The minimum Gasteiger partial charge on any atom is -0.454 e. The largest absolute Gasteiger partial charge is 0.454 e. The lowest BCUT2D eigenvalue weighted by Gasteiger charge is -2.13. The molecule has 0 saturated carbocycles. The van der Waals surface area contributed by atoms with Crippen LogP contribution in [0.25, 0.3) is 0 Å². The molecule has 0 atom stereocenters. The first-order valence-corrected chi connectivity index (χ1v) is 8.31. The topological polar surface area (TPSA) is 21.3 Å². The lowest BCUT2D eigenvalue weighted by atomic mass is 10.2. The Morgan fingerprint density at radius 1 is 1.05 bits per heavy atom. The monoisotopic (exact) mass is 415 g/mol. The van der Waals surface area contributed by atoms with E-state index in [9.17, 15) is 4.39 Å². The molecule has 2 nitrogen and oxygen atoms in total. The molecule has 5 heteroatoms. The molecule has 1 N–H and O–H groups in total. The standard InChI is InChI=1S/C16H16Br2FNO/c1-2-7-20-10-11-3-4-12(17)8-15(11)21-16-9-13(18)5-6-14(16)19/h3-6,8-9,20H,2,7,10H2,1H3. The second kappa shape index (κ2) is 7.92. The predicted molar refractivity (Wildman–Crippen MR) is 90.3 cm³/mol. The van der Waals surface area contributed by atoms with E-state index in [0.29, 0.717) is 12.3 Å². The first-order chi connectivity index (χ1) is 10.1. The van der Waals surface area contributed by atoms with Crippen LogP contribution in [0.1, 0.15) is 18.9 Å². The van der Waals surface area contributed by atoms with E-state index in [1.165, 1.54) is 6.07 Å². The number of hydrogen-bond donors (Lipinski definition) is 1. The molecule has 0 aromatic heterocycles. The molecule has 112 valence electrons. The van der Waals surface area contributed by atoms with Gasteiger partial charge in [0.1, 0.15) is 5.75 Å². The number of benzene rings is 2. The van der Waals surface area contributed by atoms with Gasteiger partial charge in [-0.25, -0.2) is 4.39 Å². The van der Waals surface area contributed by atoms with Crippen LogP contribution in [0.2, 0.25) is 0 Å². The van der Waals surface area contributed by atoms with E-state index in [1.54, 1.807) is 12.1 Å². The normalized spacial score (nSPS) is 10.7. The fraction of sp³-hybridized carbons (Fsp3) is 0.250. The highest BCUT2D eigenvalue weighted by molar-refractivity contribution is 9.10. The van der Waals surface area contributed by atoms with Crippen LogP contribution in [-0.4, -0.2) is 6.54 Å². The summed E-state index contributed by atoms with van der Waals surface area (Å²) in [5.74, 6) is 0.467. The van der Waals surface area contributed by atoms with Crippen molar-refractivity contribution in [1.82, 2.24) is 5.32 Å². The van der Waals surface area contributed by atoms with Gasteiger partial charge in [0.2, 0.25) is 0 Å². The van der Waals surface area contributed by atoms with Gasteiger partial charge in [0.25, 0.3) is 0 Å². The highest BCUT2D eigenvalue weighted by Gasteiger charge is 2.10. The molecule has 2 rings (SSSR count). The van der Waals surface area contributed by atoms with E-state index in [1.807, 2.05) is 18.2 Å². The van der Waals surface area contributed by atoms with Crippen molar-refractivity contribution >= 4 is 31.9 Å². The van der Waals surface area contributed by atoms with E-state index in [-0.39, 0.29) is 11.6 Å². The molecular weight excluding hydrogens is 401 g/mol. The van der Waals surface area contributed by atoms with Gasteiger partial charge >= 0.3 is 0 Å². The number of halogens is 3. The number of hydrogen-bond acceptors (Lipinski definition) is 2. The Morgan fingerprint density at radius 3 is 2.43 bits per heavy atom. The summed E-state index contributed by atoms with van der Waals surface area (Å²) >= 11 is 6.75. The number of nitrogens with one attached hydrogen (secondary N) is 1. The molecular formula is C16H16Br2FNO. The van der Waals surface area contributed by atoms with Crippen molar-refractivity contribution in [2.45, 2.75) is 19.9 Å². The summed E-state index contributed by atoms with van der Waals surface area (Å²) < 4.78 is 21.3. The van der Waals surface area contributed by atoms with Crippen molar-refractivity contribution in [2.75, 3.05) is 6.54 Å². The molecule has 0 aliphatic rings. The van der Waals surface area contributed by atoms with Crippen LogP contribution in [0, 0.1) is 5.82 Å². The molecule has 0 heterocycles. The second-order valence-corrected chi connectivity index (χ2v) is 6.44. The Bertz CT molecular complexity index is 619. The van der Waals surface area contributed by atoms with Crippen LogP contribution < -0.4 is 10.1 Å². The molecule has 0 saturated heterocycles. The van der Waals surface area contributed by atoms with Crippen molar-refractivity contribution < 1.29 is 9.13 Å². The maximum atomic E-state index is 13.8. The minimum absolute atomic E-state index is 0.208. The Balaban J connectivity index is 2.25. The number of rotatable bonds is 6. The fourth-order valence-electron chi connectivity index (χ4n) is 1.84. The van der Waals surface area contributed by atoms with Gasteiger partial charge in [-0.1, -0.05) is 44.8 Å². The first kappa shape index (κ1) is 16.5. The molecule has 0 amide bonds. The molecule has 0 spiro atoms. The summed E-state index contributed by atoms with van der Waals surface area (Å²) in [6.07, 6.45) is 1.06. The SMILES string of the molecule is CCCNCc1ccc(Br)cc1Oc1cc(Br)ccc1F. The Morgan fingerprint density at radius 2 is 1.71 bits per heavy atom. The quantitative estimate of drug-likeness (QED) is 0.615. The fourth-order valence-corrected chi connectivity index (χ4v) is 2.52. The van der Waals surface area contributed by atoms with Gasteiger partial charge in [-0.05, 0) is 43.3 Å². The maximum Gasteiger partial charge on any atom is 0.165 e. The second-order valence-electron chi connectivity index (χ2n) is 4.61. The van der Waals surface area contributed by atoms with Gasteiger partial charge in [0.05, 0.1) is 0 Å². The van der Waals surface area contributed by atoms with Crippen LogP contribution in [0.4, 0.5) is 4.39 Å². The van der Waals surface area contributed by atoms with E-state index >= 15 is 0 Å². The first-order valence-electron chi connectivity index (χ1n) is 6.72. The highest BCUT2D eigenvalue weighted by Crippen LogP contribution is 2.31. The maximum absolute atomic E-state index is 13.8. The molecule has 0 radical (unpaired) electrons. The van der Waals surface area contributed by atoms with Gasteiger partial charge in [0.15, 0.2) is 11.6 Å². The zero-order valence-corrected chi connectivity index (χ0v) is 14.8. The lowest BCUT2D eigenvalue weighted by Crippen LogP contribution is -2.14. The van der Waals surface area contributed by atoms with Gasteiger partial charge < -0.3 is 10.1 Å². The van der Waals surface area contributed by atoms with Gasteiger partial charge in [-0.15, -0.1) is 0 Å². The summed E-state index contributed by atoms with van der Waals surface area (Å²) in [5.41, 5.74) is 0.992. The minimum atomic E-state index is -0.384. The lowest BCUT2D eigenvalue weighted by molar-refractivity contribution is 0.435. The van der Waals surface area contributed by atoms with Gasteiger partial charge in [0, 0.05) is 21.1 Å². The number of ether oxygens (including phenoxy) is 1. The molecule has 0 aliphatic heterocycles. The average molecular weight is 417 g/mol. The molecule has 2 aromatic rings. The van der Waals surface area contributed by atoms with Crippen LogP contribution in [-0.2, 0) is 6.54 Å². The summed E-state index contributed by atoms with van der Waals surface area (Å²) in [6, 6.07) is 10.4. The molecule has 0 aliphatic carbocycles. The van der Waals surface area contributed by atoms with E-state index in [2.05, 4.69) is 44.1 Å². The zero-order chi connectivity index (χ0) is 15.2. The van der Waals surface area contributed by atoms with Crippen molar-refractivity contribution in [3.8, 4) is 11.5 Å². The third-order valence-corrected chi connectivity index (χ3v) is 3.87. The highest BCUT2D eigenvalue weighted by atomic mass is 79.9. The van der Waals surface area contributed by atoms with Crippen molar-refractivity contribution in [2.24, 2.45) is 0 Å². The average Bonchev–Trinajstić information content (AvgIpc) is 2.45. The third kappa shape index (κ3) is 4.80. The molecule has 0 unspecified atom stereocenters. The van der Waals surface area contributed by atoms with Crippen LogP contribution >= 0.6 is 31.9 Å². The van der Waals surface area contributed by atoms with Crippen molar-refractivity contribution in [3.05, 3.63) is 56.7 Å². The van der Waals surface area contributed by atoms with Crippen LogP contribution in [0.5, 0.6) is 11.5 Å².